The molecule has 2 aromatic carbocycles. The third-order valence-corrected chi connectivity index (χ3v) is 4.92. The van der Waals surface area contributed by atoms with Crippen molar-refractivity contribution in [1.82, 2.24) is 4.90 Å². The first-order valence-corrected chi connectivity index (χ1v) is 9.15. The van der Waals surface area contributed by atoms with E-state index in [0.717, 1.165) is 6.07 Å². The largest absolute Gasteiger partial charge is 0.507 e. The highest BCUT2D eigenvalue weighted by atomic mass is 19.1. The minimum absolute atomic E-state index is 0.0186. The number of ketones is 1. The van der Waals surface area contributed by atoms with Crippen LogP contribution in [0.5, 0.6) is 5.75 Å². The van der Waals surface area contributed by atoms with Crippen molar-refractivity contribution in [3.05, 3.63) is 75.1 Å². The van der Waals surface area contributed by atoms with Crippen LogP contribution in [-0.2, 0) is 14.3 Å². The van der Waals surface area contributed by atoms with Gasteiger partial charge in [-0.3, -0.25) is 19.7 Å². The summed E-state index contributed by atoms with van der Waals surface area (Å²) >= 11 is 0. The Morgan fingerprint density at radius 2 is 1.87 bits per heavy atom. The Bertz CT molecular complexity index is 1070. The van der Waals surface area contributed by atoms with E-state index in [1.54, 1.807) is 0 Å². The maximum absolute atomic E-state index is 14.2. The monoisotopic (exact) mass is 430 g/mol. The summed E-state index contributed by atoms with van der Waals surface area (Å²) in [6.45, 7) is 0.157. The van der Waals surface area contributed by atoms with Gasteiger partial charge in [0.1, 0.15) is 5.76 Å². The molecule has 1 fully saturated rings. The molecule has 1 heterocycles. The molecule has 0 spiro atoms. The molecular formula is C21H19FN2O7. The van der Waals surface area contributed by atoms with Crippen LogP contribution >= 0.6 is 0 Å². The van der Waals surface area contributed by atoms with Crippen LogP contribution in [0.3, 0.4) is 0 Å². The van der Waals surface area contributed by atoms with Crippen molar-refractivity contribution in [3.8, 4) is 5.75 Å². The number of methoxy groups -OCH3 is 2. The Hall–Kier alpha value is -3.79. The number of hydrogen-bond acceptors (Lipinski definition) is 7. The fourth-order valence-corrected chi connectivity index (χ4v) is 3.39. The molecule has 1 aliphatic heterocycles. The van der Waals surface area contributed by atoms with Crippen molar-refractivity contribution < 1.29 is 33.5 Å². The highest BCUT2D eigenvalue weighted by Gasteiger charge is 2.46. The number of carbonyl (C=O) groups is 2. The zero-order valence-corrected chi connectivity index (χ0v) is 16.7. The van der Waals surface area contributed by atoms with E-state index in [2.05, 4.69) is 0 Å². The van der Waals surface area contributed by atoms with Gasteiger partial charge < -0.3 is 19.5 Å². The second-order valence-electron chi connectivity index (χ2n) is 6.68. The van der Waals surface area contributed by atoms with Gasteiger partial charge in [-0.25, -0.2) is 4.39 Å². The molecule has 0 bridgehead atoms. The van der Waals surface area contributed by atoms with Crippen molar-refractivity contribution in [2.24, 2.45) is 0 Å². The summed E-state index contributed by atoms with van der Waals surface area (Å²) in [6.07, 6.45) is 0. The molecule has 0 aliphatic carbocycles. The third-order valence-electron chi connectivity index (χ3n) is 4.92. The predicted molar refractivity (Wildman–Crippen MR) is 107 cm³/mol. The number of carbonyl (C=O) groups excluding carboxylic acids is 2. The van der Waals surface area contributed by atoms with E-state index in [-0.39, 0.29) is 35.7 Å². The molecular weight excluding hydrogens is 411 g/mol. The Kier molecular flexibility index (Phi) is 6.30. The number of halogens is 1. The van der Waals surface area contributed by atoms with Gasteiger partial charge in [-0.05, 0) is 35.9 Å². The molecule has 9 nitrogen and oxygen atoms in total. The molecule has 1 atom stereocenters. The van der Waals surface area contributed by atoms with E-state index < -0.39 is 34.2 Å². The number of rotatable bonds is 7. The molecule has 0 unspecified atom stereocenters. The van der Waals surface area contributed by atoms with E-state index in [9.17, 15) is 29.2 Å². The predicted octanol–water partition coefficient (Wildman–Crippen LogP) is 2.81. The molecule has 0 saturated carbocycles. The van der Waals surface area contributed by atoms with Gasteiger partial charge >= 0.3 is 0 Å². The summed E-state index contributed by atoms with van der Waals surface area (Å²) in [5, 5.41) is 21.8. The van der Waals surface area contributed by atoms with Crippen LogP contribution in [0.2, 0.25) is 0 Å². The van der Waals surface area contributed by atoms with Gasteiger partial charge in [0.15, 0.2) is 11.6 Å². The maximum atomic E-state index is 14.2. The van der Waals surface area contributed by atoms with Crippen LogP contribution in [0, 0.1) is 15.9 Å². The lowest BCUT2D eigenvalue weighted by Gasteiger charge is -2.25. The molecule has 1 amide bonds. The van der Waals surface area contributed by atoms with Crippen molar-refractivity contribution in [2.75, 3.05) is 27.4 Å². The van der Waals surface area contributed by atoms with Crippen LogP contribution in [0.1, 0.15) is 17.2 Å². The Morgan fingerprint density at radius 3 is 2.42 bits per heavy atom. The quantitative estimate of drug-likeness (QED) is 0.236. The summed E-state index contributed by atoms with van der Waals surface area (Å²) in [7, 11) is 2.71. The number of likely N-dealkylation sites (tertiary alicyclic amines) is 1. The molecule has 31 heavy (non-hydrogen) atoms. The number of hydrogen-bond donors (Lipinski definition) is 1. The lowest BCUT2D eigenvalue weighted by molar-refractivity contribution is -0.384. The first-order valence-electron chi connectivity index (χ1n) is 9.15. The van der Waals surface area contributed by atoms with Gasteiger partial charge in [0, 0.05) is 31.4 Å². The van der Waals surface area contributed by atoms with Gasteiger partial charge in [0.25, 0.3) is 17.4 Å². The molecule has 1 aliphatic rings. The number of aliphatic hydroxyl groups is 1. The molecule has 0 aromatic heterocycles. The molecule has 1 N–H and O–H groups in total. The van der Waals surface area contributed by atoms with E-state index in [1.165, 1.54) is 55.5 Å². The average molecular weight is 430 g/mol. The van der Waals surface area contributed by atoms with Gasteiger partial charge in [-0.1, -0.05) is 0 Å². The number of nitrogens with zero attached hydrogens (tertiary/aromatic N) is 2. The van der Waals surface area contributed by atoms with Gasteiger partial charge in [0.2, 0.25) is 0 Å². The minimum atomic E-state index is -1.03. The van der Waals surface area contributed by atoms with E-state index in [1.807, 2.05) is 0 Å². The normalized spacial score (nSPS) is 17.8. The van der Waals surface area contributed by atoms with E-state index in [0.29, 0.717) is 5.56 Å². The number of non-ortho nitro benzene ring substituents is 1. The van der Waals surface area contributed by atoms with Crippen molar-refractivity contribution in [3.63, 3.8) is 0 Å². The second kappa shape index (κ2) is 8.92. The fraction of sp³-hybridized carbons (Fsp3) is 0.238. The van der Waals surface area contributed by atoms with Crippen LogP contribution < -0.4 is 4.74 Å². The van der Waals surface area contributed by atoms with Gasteiger partial charge in [-0.15, -0.1) is 0 Å². The molecule has 3 rings (SSSR count). The zero-order chi connectivity index (χ0) is 22.7. The molecule has 10 heteroatoms. The summed E-state index contributed by atoms with van der Waals surface area (Å²) < 4.78 is 24.0. The SMILES string of the molecule is COCCN1C(=O)C(=O)C(=C(O)c2ccc(OC)c(F)c2)[C@@H]1c1ccc([N+](=O)[O-])cc1. The highest BCUT2D eigenvalue weighted by Crippen LogP contribution is 2.40. The number of nitro groups is 1. The maximum Gasteiger partial charge on any atom is 0.295 e. The Morgan fingerprint density at radius 1 is 1.19 bits per heavy atom. The van der Waals surface area contributed by atoms with Crippen LogP contribution in [0.4, 0.5) is 10.1 Å². The standard InChI is InChI=1S/C21H19FN2O7/c1-30-10-9-23-18(12-3-6-14(7-4-12)24(28)29)17(20(26)21(23)27)19(25)13-5-8-16(31-2)15(22)11-13/h3-8,11,18,25H,9-10H2,1-2H3/t18-/m0/s1. The number of ether oxygens (including phenoxy) is 2. The number of amides is 1. The van der Waals surface area contributed by atoms with Gasteiger partial charge in [0.05, 0.1) is 30.3 Å². The second-order valence-corrected chi connectivity index (χ2v) is 6.68. The average Bonchev–Trinajstić information content (AvgIpc) is 3.01. The van der Waals surface area contributed by atoms with Crippen LogP contribution in [0.25, 0.3) is 5.76 Å². The van der Waals surface area contributed by atoms with E-state index in [4.69, 9.17) is 9.47 Å². The molecule has 162 valence electrons. The lowest BCUT2D eigenvalue weighted by Crippen LogP contribution is -2.32. The first kappa shape index (κ1) is 21.9. The number of aliphatic hydroxyl groups excluding tert-OH is 1. The van der Waals surface area contributed by atoms with Crippen LogP contribution in [0.15, 0.2) is 48.0 Å². The minimum Gasteiger partial charge on any atom is -0.507 e. The lowest BCUT2D eigenvalue weighted by atomic mass is 9.95. The first-order chi connectivity index (χ1) is 14.8. The topological polar surface area (TPSA) is 119 Å². The van der Waals surface area contributed by atoms with Gasteiger partial charge in [-0.2, -0.15) is 0 Å². The summed E-state index contributed by atoms with van der Waals surface area (Å²) in [5.41, 5.74) is -0.0688. The van der Waals surface area contributed by atoms with Crippen molar-refractivity contribution >= 4 is 23.1 Å². The van der Waals surface area contributed by atoms with Crippen molar-refractivity contribution in [2.45, 2.75) is 6.04 Å². The number of Topliss-reactive ketones (excluding diaryl/α,β-unsaturated/α-hetero) is 1. The van der Waals surface area contributed by atoms with E-state index >= 15 is 0 Å². The zero-order valence-electron chi connectivity index (χ0n) is 16.7. The number of nitro benzene ring substituents is 1. The van der Waals surface area contributed by atoms with Crippen molar-refractivity contribution in [1.29, 1.82) is 0 Å². The molecule has 0 radical (unpaired) electrons. The Labute approximate surface area is 176 Å². The molecule has 2 aromatic rings. The van der Waals surface area contributed by atoms with Crippen LogP contribution in [-0.4, -0.2) is 54.0 Å². The summed E-state index contributed by atoms with van der Waals surface area (Å²) in [6, 6.07) is 7.87. The third kappa shape index (κ3) is 4.10. The smallest absolute Gasteiger partial charge is 0.295 e. The Balaban J connectivity index is 2.15. The molecule has 1 saturated heterocycles. The highest BCUT2D eigenvalue weighted by molar-refractivity contribution is 6.46. The summed E-state index contributed by atoms with van der Waals surface area (Å²) in [5.74, 6) is -3.19. The fourth-order valence-electron chi connectivity index (χ4n) is 3.39. The number of benzene rings is 2. The summed E-state index contributed by atoms with van der Waals surface area (Å²) in [4.78, 5) is 37.0.